The zero-order chi connectivity index (χ0) is 24.9. The topological polar surface area (TPSA) is 71.9 Å². The SMILES string of the molecule is O=C(O)N1CCC(c2ccc(F)cc2)C(OCc2cc(OCc3ccccn3)c3ccccc3c2)C1. The van der Waals surface area contributed by atoms with Crippen molar-refractivity contribution >= 4 is 16.9 Å². The maximum atomic E-state index is 13.5. The predicted molar refractivity (Wildman–Crippen MR) is 134 cm³/mol. The lowest BCUT2D eigenvalue weighted by molar-refractivity contribution is -0.0199. The number of ether oxygens (including phenoxy) is 2. The maximum absolute atomic E-state index is 13.5. The third-order valence-corrected chi connectivity index (χ3v) is 6.58. The minimum atomic E-state index is -0.961. The van der Waals surface area contributed by atoms with Crippen LogP contribution in [0.1, 0.15) is 29.2 Å². The number of carbonyl (C=O) groups is 1. The molecule has 0 aliphatic carbocycles. The van der Waals surface area contributed by atoms with E-state index in [1.54, 1.807) is 18.3 Å². The summed E-state index contributed by atoms with van der Waals surface area (Å²) >= 11 is 0. The second kappa shape index (κ2) is 10.7. The lowest BCUT2D eigenvalue weighted by Gasteiger charge is -2.37. The third kappa shape index (κ3) is 5.47. The number of piperidine rings is 1. The predicted octanol–water partition coefficient (Wildman–Crippen LogP) is 6.01. The summed E-state index contributed by atoms with van der Waals surface area (Å²) in [6, 6.07) is 24.1. The minimum Gasteiger partial charge on any atom is -0.487 e. The van der Waals surface area contributed by atoms with Crippen molar-refractivity contribution in [3.8, 4) is 5.75 Å². The summed E-state index contributed by atoms with van der Waals surface area (Å²) in [5, 5.41) is 11.6. The van der Waals surface area contributed by atoms with E-state index in [-0.39, 0.29) is 24.4 Å². The summed E-state index contributed by atoms with van der Waals surface area (Å²) in [6.07, 6.45) is 1.03. The van der Waals surface area contributed by atoms with Gasteiger partial charge in [-0.1, -0.05) is 42.5 Å². The molecule has 5 rings (SSSR count). The van der Waals surface area contributed by atoms with Gasteiger partial charge in [0.05, 0.1) is 24.9 Å². The lowest BCUT2D eigenvalue weighted by Crippen LogP contribution is -2.46. The van der Waals surface area contributed by atoms with E-state index < -0.39 is 6.09 Å². The highest BCUT2D eigenvalue weighted by atomic mass is 19.1. The molecule has 3 aromatic carbocycles. The van der Waals surface area contributed by atoms with Crippen LogP contribution in [0.3, 0.4) is 0 Å². The Morgan fingerprint density at radius 3 is 2.61 bits per heavy atom. The van der Waals surface area contributed by atoms with E-state index >= 15 is 0 Å². The first kappa shape index (κ1) is 23.8. The number of amides is 1. The van der Waals surface area contributed by atoms with E-state index in [2.05, 4.69) is 11.1 Å². The molecule has 1 N–H and O–H groups in total. The normalized spacial score (nSPS) is 17.8. The quantitative estimate of drug-likeness (QED) is 0.347. The van der Waals surface area contributed by atoms with Gasteiger partial charge in [-0.15, -0.1) is 0 Å². The van der Waals surface area contributed by atoms with Gasteiger partial charge in [-0.05, 0) is 59.3 Å². The first-order valence-corrected chi connectivity index (χ1v) is 12.0. The number of halogens is 1. The molecule has 4 aromatic rings. The Morgan fingerprint density at radius 2 is 1.83 bits per heavy atom. The van der Waals surface area contributed by atoms with Gasteiger partial charge in [0.15, 0.2) is 0 Å². The Balaban J connectivity index is 1.37. The van der Waals surface area contributed by atoms with Crippen molar-refractivity contribution < 1.29 is 23.8 Å². The molecule has 0 spiro atoms. The number of nitrogens with zero attached hydrogens (tertiary/aromatic N) is 2. The first-order chi connectivity index (χ1) is 17.6. The Bertz CT molecular complexity index is 1330. The van der Waals surface area contributed by atoms with Gasteiger partial charge in [0.2, 0.25) is 0 Å². The molecule has 1 aliphatic rings. The molecule has 0 saturated carbocycles. The molecule has 2 unspecified atom stereocenters. The zero-order valence-corrected chi connectivity index (χ0v) is 19.7. The fraction of sp³-hybridized carbons (Fsp3) is 0.241. The van der Waals surface area contributed by atoms with Crippen molar-refractivity contribution in [3.63, 3.8) is 0 Å². The zero-order valence-electron chi connectivity index (χ0n) is 19.7. The Morgan fingerprint density at radius 1 is 1.03 bits per heavy atom. The summed E-state index contributed by atoms with van der Waals surface area (Å²) in [4.78, 5) is 17.4. The van der Waals surface area contributed by atoms with E-state index in [9.17, 15) is 14.3 Å². The van der Waals surface area contributed by atoms with E-state index in [1.165, 1.54) is 17.0 Å². The number of rotatable bonds is 7. The minimum absolute atomic E-state index is 0.0264. The standard InChI is InChI=1S/C29H27FN2O4/c30-23-10-8-21(9-11-23)26-12-14-32(29(33)34)17-28(26)35-18-20-15-22-5-1-2-7-25(22)27(16-20)36-19-24-6-3-4-13-31-24/h1-11,13,15-16,26,28H,12,14,17-19H2,(H,33,34). The van der Waals surface area contributed by atoms with Gasteiger partial charge in [0.25, 0.3) is 0 Å². The molecule has 2 atom stereocenters. The molecule has 1 amide bonds. The van der Waals surface area contributed by atoms with Crippen LogP contribution in [0.4, 0.5) is 9.18 Å². The van der Waals surface area contributed by atoms with Gasteiger partial charge in [0.1, 0.15) is 18.2 Å². The Kier molecular flexibility index (Phi) is 7.09. The number of likely N-dealkylation sites (tertiary alicyclic amines) is 1. The van der Waals surface area contributed by atoms with Crippen LogP contribution in [-0.4, -0.2) is 40.3 Å². The number of carboxylic acid groups (broad SMARTS) is 1. The lowest BCUT2D eigenvalue weighted by atomic mass is 9.87. The Labute approximate surface area is 208 Å². The molecular formula is C29H27FN2O4. The van der Waals surface area contributed by atoms with Crippen LogP contribution >= 0.6 is 0 Å². The number of benzene rings is 3. The largest absolute Gasteiger partial charge is 0.487 e. The van der Waals surface area contributed by atoms with Crippen LogP contribution < -0.4 is 4.74 Å². The van der Waals surface area contributed by atoms with Gasteiger partial charge < -0.3 is 19.5 Å². The van der Waals surface area contributed by atoms with Crippen LogP contribution in [0, 0.1) is 5.82 Å². The monoisotopic (exact) mass is 486 g/mol. The molecule has 0 radical (unpaired) electrons. The fourth-order valence-electron chi connectivity index (χ4n) is 4.73. The summed E-state index contributed by atoms with van der Waals surface area (Å²) in [6.45, 7) is 1.31. The molecule has 36 heavy (non-hydrogen) atoms. The van der Waals surface area contributed by atoms with Gasteiger partial charge >= 0.3 is 6.09 Å². The van der Waals surface area contributed by atoms with Gasteiger partial charge in [-0.25, -0.2) is 9.18 Å². The van der Waals surface area contributed by atoms with Crippen LogP contribution in [0.25, 0.3) is 10.8 Å². The molecule has 7 heteroatoms. The van der Waals surface area contributed by atoms with Crippen LogP contribution in [0.2, 0.25) is 0 Å². The average Bonchev–Trinajstić information content (AvgIpc) is 2.91. The maximum Gasteiger partial charge on any atom is 0.407 e. The van der Waals surface area contributed by atoms with Crippen molar-refractivity contribution in [2.45, 2.75) is 31.7 Å². The number of hydrogen-bond acceptors (Lipinski definition) is 4. The van der Waals surface area contributed by atoms with Gasteiger partial charge in [0, 0.05) is 24.0 Å². The van der Waals surface area contributed by atoms with E-state index in [4.69, 9.17) is 9.47 Å². The molecule has 1 aromatic heterocycles. The molecule has 2 heterocycles. The fourth-order valence-corrected chi connectivity index (χ4v) is 4.73. The van der Waals surface area contributed by atoms with Gasteiger partial charge in [-0.2, -0.15) is 0 Å². The first-order valence-electron chi connectivity index (χ1n) is 12.0. The van der Waals surface area contributed by atoms with Crippen LogP contribution in [-0.2, 0) is 18.0 Å². The summed E-state index contributed by atoms with van der Waals surface area (Å²) in [5.74, 6) is 0.415. The van der Waals surface area contributed by atoms with E-state index in [0.717, 1.165) is 33.3 Å². The van der Waals surface area contributed by atoms with Crippen molar-refractivity contribution in [1.82, 2.24) is 9.88 Å². The summed E-state index contributed by atoms with van der Waals surface area (Å²) < 4.78 is 26.0. The van der Waals surface area contributed by atoms with Crippen LogP contribution in [0.5, 0.6) is 5.75 Å². The van der Waals surface area contributed by atoms with E-state index in [1.807, 2.05) is 48.5 Å². The van der Waals surface area contributed by atoms with Gasteiger partial charge in [-0.3, -0.25) is 4.98 Å². The second-order valence-electron chi connectivity index (χ2n) is 8.95. The highest BCUT2D eigenvalue weighted by Crippen LogP contribution is 2.33. The third-order valence-electron chi connectivity index (χ3n) is 6.58. The highest BCUT2D eigenvalue weighted by molar-refractivity contribution is 5.89. The second-order valence-corrected chi connectivity index (χ2v) is 8.95. The average molecular weight is 487 g/mol. The summed E-state index contributed by atoms with van der Waals surface area (Å²) in [5.41, 5.74) is 2.71. The molecular weight excluding hydrogens is 459 g/mol. The number of pyridine rings is 1. The van der Waals surface area contributed by atoms with Crippen molar-refractivity contribution in [2.24, 2.45) is 0 Å². The molecule has 0 bridgehead atoms. The van der Waals surface area contributed by atoms with Crippen molar-refractivity contribution in [1.29, 1.82) is 0 Å². The smallest absolute Gasteiger partial charge is 0.407 e. The Hall–Kier alpha value is -3.97. The molecule has 6 nitrogen and oxygen atoms in total. The highest BCUT2D eigenvalue weighted by Gasteiger charge is 2.33. The number of hydrogen-bond donors (Lipinski definition) is 1. The molecule has 184 valence electrons. The molecule has 1 aliphatic heterocycles. The van der Waals surface area contributed by atoms with E-state index in [0.29, 0.717) is 26.2 Å². The number of fused-ring (bicyclic) bond motifs is 1. The summed E-state index contributed by atoms with van der Waals surface area (Å²) in [7, 11) is 0. The van der Waals surface area contributed by atoms with Crippen LogP contribution in [0.15, 0.2) is 85.1 Å². The molecule has 1 fully saturated rings. The van der Waals surface area contributed by atoms with Crippen molar-refractivity contribution in [2.75, 3.05) is 13.1 Å². The van der Waals surface area contributed by atoms with Crippen molar-refractivity contribution in [3.05, 3.63) is 108 Å². The number of aromatic nitrogens is 1. The molecule has 1 saturated heterocycles.